The standard InChI is InChI=1S/C19H16N2OS/c1-14-20-18(13-23-14)16-9-5-6-10-17(16)21-19(22)12-11-15-7-3-2-4-8-15/h2-13H,1H3,(H,21,22)/b12-11+. The van der Waals surface area contributed by atoms with Crippen LogP contribution in [0, 0.1) is 6.92 Å². The molecule has 1 N–H and O–H groups in total. The Bertz CT molecular complexity index is 837. The van der Waals surface area contributed by atoms with Crippen LogP contribution in [0.15, 0.2) is 66.1 Å². The Labute approximate surface area is 139 Å². The summed E-state index contributed by atoms with van der Waals surface area (Å²) < 4.78 is 0. The van der Waals surface area contributed by atoms with Crippen molar-refractivity contribution in [3.8, 4) is 11.3 Å². The second-order valence-electron chi connectivity index (χ2n) is 5.03. The van der Waals surface area contributed by atoms with Crippen molar-refractivity contribution in [3.05, 3.63) is 76.6 Å². The lowest BCUT2D eigenvalue weighted by molar-refractivity contribution is -0.111. The summed E-state index contributed by atoms with van der Waals surface area (Å²) in [6, 6.07) is 17.4. The molecule has 1 aromatic heterocycles. The van der Waals surface area contributed by atoms with Gasteiger partial charge < -0.3 is 5.32 Å². The van der Waals surface area contributed by atoms with Crippen LogP contribution in [0.3, 0.4) is 0 Å². The van der Waals surface area contributed by atoms with E-state index >= 15 is 0 Å². The normalized spacial score (nSPS) is 10.8. The van der Waals surface area contributed by atoms with Crippen molar-refractivity contribution in [3.63, 3.8) is 0 Å². The summed E-state index contributed by atoms with van der Waals surface area (Å²) in [5, 5.41) is 5.93. The molecule has 4 heteroatoms. The van der Waals surface area contributed by atoms with Gasteiger partial charge in [0.05, 0.1) is 16.4 Å². The molecule has 114 valence electrons. The van der Waals surface area contributed by atoms with E-state index in [0.717, 1.165) is 27.5 Å². The van der Waals surface area contributed by atoms with E-state index in [-0.39, 0.29) is 5.91 Å². The highest BCUT2D eigenvalue weighted by Crippen LogP contribution is 2.28. The van der Waals surface area contributed by atoms with Crippen LogP contribution in [-0.4, -0.2) is 10.9 Å². The van der Waals surface area contributed by atoms with E-state index in [2.05, 4.69) is 10.3 Å². The Morgan fingerprint density at radius 3 is 2.57 bits per heavy atom. The van der Waals surface area contributed by atoms with Gasteiger partial charge in [-0.2, -0.15) is 0 Å². The molecule has 0 fully saturated rings. The van der Waals surface area contributed by atoms with Crippen LogP contribution >= 0.6 is 11.3 Å². The molecule has 0 spiro atoms. The zero-order chi connectivity index (χ0) is 16.1. The maximum Gasteiger partial charge on any atom is 0.248 e. The van der Waals surface area contributed by atoms with Crippen molar-refractivity contribution < 1.29 is 4.79 Å². The van der Waals surface area contributed by atoms with Crippen molar-refractivity contribution in [2.24, 2.45) is 0 Å². The van der Waals surface area contributed by atoms with E-state index in [1.165, 1.54) is 0 Å². The van der Waals surface area contributed by atoms with Gasteiger partial charge in [-0.25, -0.2) is 4.98 Å². The minimum atomic E-state index is -0.159. The number of para-hydroxylation sites is 1. The van der Waals surface area contributed by atoms with Gasteiger partial charge in [0, 0.05) is 17.0 Å². The lowest BCUT2D eigenvalue weighted by atomic mass is 10.1. The van der Waals surface area contributed by atoms with Crippen molar-refractivity contribution >= 4 is 29.0 Å². The summed E-state index contributed by atoms with van der Waals surface area (Å²) >= 11 is 1.60. The predicted molar refractivity (Wildman–Crippen MR) is 96.4 cm³/mol. The Morgan fingerprint density at radius 1 is 1.09 bits per heavy atom. The van der Waals surface area contributed by atoms with Crippen molar-refractivity contribution in [1.82, 2.24) is 4.98 Å². The second kappa shape index (κ2) is 7.03. The lowest BCUT2D eigenvalue weighted by Crippen LogP contribution is -2.08. The summed E-state index contributed by atoms with van der Waals surface area (Å²) in [5.41, 5.74) is 3.57. The third-order valence-corrected chi connectivity index (χ3v) is 4.08. The first kappa shape index (κ1) is 15.2. The van der Waals surface area contributed by atoms with Crippen LogP contribution in [0.1, 0.15) is 10.6 Å². The van der Waals surface area contributed by atoms with Gasteiger partial charge in [0.1, 0.15) is 0 Å². The first-order valence-electron chi connectivity index (χ1n) is 7.28. The fourth-order valence-corrected chi connectivity index (χ4v) is 2.83. The van der Waals surface area contributed by atoms with Crippen LogP contribution in [0.5, 0.6) is 0 Å². The monoisotopic (exact) mass is 320 g/mol. The highest BCUT2D eigenvalue weighted by atomic mass is 32.1. The molecule has 1 amide bonds. The number of hydrogen-bond acceptors (Lipinski definition) is 3. The highest BCUT2D eigenvalue weighted by Gasteiger charge is 2.09. The van der Waals surface area contributed by atoms with Crippen molar-refractivity contribution in [2.75, 3.05) is 5.32 Å². The maximum atomic E-state index is 12.2. The van der Waals surface area contributed by atoms with Crippen LogP contribution < -0.4 is 5.32 Å². The fraction of sp³-hybridized carbons (Fsp3) is 0.0526. The summed E-state index contributed by atoms with van der Waals surface area (Å²) in [4.78, 5) is 16.7. The number of hydrogen-bond donors (Lipinski definition) is 1. The van der Waals surface area contributed by atoms with E-state index in [9.17, 15) is 4.79 Å². The van der Waals surface area contributed by atoms with E-state index < -0.39 is 0 Å². The molecule has 0 saturated heterocycles. The number of rotatable bonds is 4. The molecule has 23 heavy (non-hydrogen) atoms. The SMILES string of the molecule is Cc1nc(-c2ccccc2NC(=O)/C=C/c2ccccc2)cs1. The number of amides is 1. The molecule has 0 aliphatic carbocycles. The van der Waals surface area contributed by atoms with Gasteiger partial charge in [-0.05, 0) is 24.6 Å². The minimum Gasteiger partial charge on any atom is -0.322 e. The summed E-state index contributed by atoms with van der Waals surface area (Å²) in [6.45, 7) is 1.97. The minimum absolute atomic E-state index is 0.159. The Balaban J connectivity index is 1.78. The van der Waals surface area contributed by atoms with Gasteiger partial charge in [0.25, 0.3) is 0 Å². The topological polar surface area (TPSA) is 42.0 Å². The van der Waals surface area contributed by atoms with Gasteiger partial charge in [0.15, 0.2) is 0 Å². The predicted octanol–water partition coefficient (Wildman–Crippen LogP) is 4.77. The Kier molecular flexibility index (Phi) is 4.64. The molecule has 0 atom stereocenters. The Hall–Kier alpha value is -2.72. The number of aromatic nitrogens is 1. The number of thiazole rings is 1. The molecule has 0 radical (unpaired) electrons. The van der Waals surface area contributed by atoms with Crippen LogP contribution in [-0.2, 0) is 4.79 Å². The molecule has 2 aromatic carbocycles. The molecule has 0 aliphatic heterocycles. The van der Waals surface area contributed by atoms with E-state index in [0.29, 0.717) is 0 Å². The van der Waals surface area contributed by atoms with E-state index in [4.69, 9.17) is 0 Å². The van der Waals surface area contributed by atoms with E-state index in [1.54, 1.807) is 23.5 Å². The van der Waals surface area contributed by atoms with Gasteiger partial charge in [-0.1, -0.05) is 48.5 Å². The van der Waals surface area contributed by atoms with Crippen LogP contribution in [0.4, 0.5) is 5.69 Å². The lowest BCUT2D eigenvalue weighted by Gasteiger charge is -2.07. The van der Waals surface area contributed by atoms with Gasteiger partial charge in [-0.3, -0.25) is 4.79 Å². The molecular weight excluding hydrogens is 304 g/mol. The highest BCUT2D eigenvalue weighted by molar-refractivity contribution is 7.09. The third kappa shape index (κ3) is 3.93. The van der Waals surface area contributed by atoms with Crippen molar-refractivity contribution in [1.29, 1.82) is 0 Å². The number of nitrogens with zero attached hydrogens (tertiary/aromatic N) is 1. The largest absolute Gasteiger partial charge is 0.322 e. The smallest absolute Gasteiger partial charge is 0.248 e. The zero-order valence-electron chi connectivity index (χ0n) is 12.7. The number of nitrogens with one attached hydrogen (secondary N) is 1. The first-order chi connectivity index (χ1) is 11.2. The quantitative estimate of drug-likeness (QED) is 0.704. The Morgan fingerprint density at radius 2 is 1.83 bits per heavy atom. The summed E-state index contributed by atoms with van der Waals surface area (Å²) in [7, 11) is 0. The molecule has 0 saturated carbocycles. The number of aryl methyl sites for hydroxylation is 1. The summed E-state index contributed by atoms with van der Waals surface area (Å²) in [5.74, 6) is -0.159. The van der Waals surface area contributed by atoms with E-state index in [1.807, 2.05) is 66.9 Å². The van der Waals surface area contributed by atoms with Crippen LogP contribution in [0.2, 0.25) is 0 Å². The third-order valence-electron chi connectivity index (χ3n) is 3.31. The van der Waals surface area contributed by atoms with Gasteiger partial charge in [-0.15, -0.1) is 11.3 Å². The van der Waals surface area contributed by atoms with Gasteiger partial charge >= 0.3 is 0 Å². The average molecular weight is 320 g/mol. The molecule has 3 aromatic rings. The molecule has 1 heterocycles. The molecule has 0 aliphatic rings. The van der Waals surface area contributed by atoms with Gasteiger partial charge in [0.2, 0.25) is 5.91 Å². The maximum absolute atomic E-state index is 12.2. The second-order valence-corrected chi connectivity index (χ2v) is 6.09. The first-order valence-corrected chi connectivity index (χ1v) is 8.16. The van der Waals surface area contributed by atoms with Crippen LogP contribution in [0.25, 0.3) is 17.3 Å². The number of benzene rings is 2. The molecule has 3 rings (SSSR count). The molecular formula is C19H16N2OS. The molecule has 0 bridgehead atoms. The molecule has 0 unspecified atom stereocenters. The van der Waals surface area contributed by atoms with Crippen molar-refractivity contribution in [2.45, 2.75) is 6.92 Å². The average Bonchev–Trinajstić information content (AvgIpc) is 3.01. The number of carbonyl (C=O) groups is 1. The number of anilines is 1. The molecule has 3 nitrogen and oxygen atoms in total. The number of carbonyl (C=O) groups excluding carboxylic acids is 1. The fourth-order valence-electron chi connectivity index (χ4n) is 2.21. The zero-order valence-corrected chi connectivity index (χ0v) is 13.5. The summed E-state index contributed by atoms with van der Waals surface area (Å²) in [6.07, 6.45) is 3.34.